The molecule has 5 nitrogen and oxygen atoms in total. The number of aliphatic hydroxyl groups is 1. The number of pyridine rings is 1. The molecule has 0 radical (unpaired) electrons. The molecule has 2 N–H and O–H groups in total. The molecule has 1 fully saturated rings. The van der Waals surface area contributed by atoms with Gasteiger partial charge in [0, 0.05) is 24.5 Å². The van der Waals surface area contributed by atoms with Crippen LogP contribution in [-0.2, 0) is 6.54 Å². The Bertz CT molecular complexity index is 566. The van der Waals surface area contributed by atoms with Crippen molar-refractivity contribution < 1.29 is 5.11 Å². The first-order chi connectivity index (χ1) is 9.28. The van der Waals surface area contributed by atoms with Crippen molar-refractivity contribution in [2.45, 2.75) is 51.3 Å². The molecule has 19 heavy (non-hydrogen) atoms. The van der Waals surface area contributed by atoms with Crippen molar-refractivity contribution in [3.63, 3.8) is 0 Å². The molecule has 3 rings (SSSR count). The quantitative estimate of drug-likeness (QED) is 0.887. The molecule has 1 aliphatic rings. The third-order valence-electron chi connectivity index (χ3n) is 3.85. The van der Waals surface area contributed by atoms with Gasteiger partial charge in [0.05, 0.1) is 17.7 Å². The predicted octanol–water partition coefficient (Wildman–Crippen LogP) is 2.17. The first kappa shape index (κ1) is 12.4. The molecule has 0 aliphatic heterocycles. The SMILES string of the molecule is CCn1ncc2c(N[C@@H]3CCC[C@@H](O)C3)ccnc21. The second-order valence-corrected chi connectivity index (χ2v) is 5.22. The Balaban J connectivity index is 1.86. The van der Waals surface area contributed by atoms with Crippen molar-refractivity contribution in [3.8, 4) is 0 Å². The molecule has 1 saturated carbocycles. The van der Waals surface area contributed by atoms with Gasteiger partial charge in [0.15, 0.2) is 5.65 Å². The Morgan fingerprint density at radius 1 is 1.47 bits per heavy atom. The van der Waals surface area contributed by atoms with E-state index in [1.54, 1.807) is 0 Å². The molecule has 0 saturated heterocycles. The van der Waals surface area contributed by atoms with Gasteiger partial charge < -0.3 is 10.4 Å². The average Bonchev–Trinajstić information content (AvgIpc) is 2.83. The summed E-state index contributed by atoms with van der Waals surface area (Å²) in [6, 6.07) is 2.34. The molecule has 0 amide bonds. The van der Waals surface area contributed by atoms with Crippen molar-refractivity contribution in [2.24, 2.45) is 0 Å². The first-order valence-corrected chi connectivity index (χ1v) is 7.03. The zero-order valence-electron chi connectivity index (χ0n) is 11.2. The second kappa shape index (κ2) is 5.17. The van der Waals surface area contributed by atoms with Crippen molar-refractivity contribution in [1.82, 2.24) is 14.8 Å². The lowest BCUT2D eigenvalue weighted by Gasteiger charge is -2.27. The highest BCUT2D eigenvalue weighted by molar-refractivity contribution is 5.88. The van der Waals surface area contributed by atoms with Crippen LogP contribution in [0.5, 0.6) is 0 Å². The number of nitrogens with one attached hydrogen (secondary N) is 1. The molecule has 1 aliphatic carbocycles. The summed E-state index contributed by atoms with van der Waals surface area (Å²) in [6.07, 6.45) is 7.47. The molecule has 2 aromatic rings. The smallest absolute Gasteiger partial charge is 0.159 e. The van der Waals surface area contributed by atoms with Crippen molar-refractivity contribution in [3.05, 3.63) is 18.5 Å². The Morgan fingerprint density at radius 3 is 3.16 bits per heavy atom. The monoisotopic (exact) mass is 260 g/mol. The van der Waals surface area contributed by atoms with Gasteiger partial charge in [-0.15, -0.1) is 0 Å². The lowest BCUT2D eigenvalue weighted by Crippen LogP contribution is -2.29. The molecule has 2 atom stereocenters. The van der Waals surface area contributed by atoms with Crippen LogP contribution in [0.25, 0.3) is 11.0 Å². The van der Waals surface area contributed by atoms with Gasteiger partial charge in [0.2, 0.25) is 0 Å². The molecular weight excluding hydrogens is 240 g/mol. The highest BCUT2D eigenvalue weighted by atomic mass is 16.3. The number of hydrogen-bond acceptors (Lipinski definition) is 4. The molecule has 0 unspecified atom stereocenters. The third-order valence-corrected chi connectivity index (χ3v) is 3.85. The fourth-order valence-corrected chi connectivity index (χ4v) is 2.85. The highest BCUT2D eigenvalue weighted by Crippen LogP contribution is 2.26. The maximum Gasteiger partial charge on any atom is 0.159 e. The summed E-state index contributed by atoms with van der Waals surface area (Å²) in [6.45, 7) is 2.88. The van der Waals surface area contributed by atoms with E-state index in [2.05, 4.69) is 22.3 Å². The largest absolute Gasteiger partial charge is 0.393 e. The van der Waals surface area contributed by atoms with Gasteiger partial charge in [-0.3, -0.25) is 0 Å². The maximum absolute atomic E-state index is 9.74. The fourth-order valence-electron chi connectivity index (χ4n) is 2.85. The summed E-state index contributed by atoms with van der Waals surface area (Å²) in [7, 11) is 0. The van der Waals surface area contributed by atoms with Gasteiger partial charge in [0.1, 0.15) is 0 Å². The number of nitrogens with zero attached hydrogens (tertiary/aromatic N) is 3. The Kier molecular flexibility index (Phi) is 3.38. The minimum atomic E-state index is -0.165. The number of hydrogen-bond donors (Lipinski definition) is 2. The van der Waals surface area contributed by atoms with Gasteiger partial charge in [-0.2, -0.15) is 5.10 Å². The number of aryl methyl sites for hydroxylation is 1. The van der Waals surface area contributed by atoms with Crippen LogP contribution in [0.3, 0.4) is 0 Å². The summed E-state index contributed by atoms with van der Waals surface area (Å²) in [5, 5.41) is 18.7. The van der Waals surface area contributed by atoms with Crippen molar-refractivity contribution in [2.75, 3.05) is 5.32 Å². The highest BCUT2D eigenvalue weighted by Gasteiger charge is 2.20. The molecule has 5 heteroatoms. The van der Waals surface area contributed by atoms with Crippen molar-refractivity contribution >= 4 is 16.7 Å². The average molecular weight is 260 g/mol. The van der Waals surface area contributed by atoms with Crippen molar-refractivity contribution in [1.29, 1.82) is 0 Å². The van der Waals surface area contributed by atoms with E-state index in [0.717, 1.165) is 48.9 Å². The lowest BCUT2D eigenvalue weighted by molar-refractivity contribution is 0.124. The third kappa shape index (κ3) is 2.42. The van der Waals surface area contributed by atoms with E-state index in [-0.39, 0.29) is 6.10 Å². The van der Waals surface area contributed by atoms with Crippen LogP contribution >= 0.6 is 0 Å². The zero-order chi connectivity index (χ0) is 13.2. The molecule has 0 bridgehead atoms. The molecule has 0 aromatic carbocycles. The number of fused-ring (bicyclic) bond motifs is 1. The summed E-state index contributed by atoms with van der Waals surface area (Å²) in [5.41, 5.74) is 1.99. The van der Waals surface area contributed by atoms with Crippen LogP contribution in [0.2, 0.25) is 0 Å². The van der Waals surface area contributed by atoms with E-state index < -0.39 is 0 Å². The number of anilines is 1. The summed E-state index contributed by atoms with van der Waals surface area (Å²) >= 11 is 0. The standard InChI is InChI=1S/C14H20N4O/c1-2-18-14-12(9-16-18)13(6-7-15-14)17-10-4-3-5-11(19)8-10/h6-7,9-11,19H,2-5,8H2,1H3,(H,15,17)/t10-,11-/m1/s1. The van der Waals surface area contributed by atoms with Gasteiger partial charge in [-0.25, -0.2) is 9.67 Å². The molecule has 2 heterocycles. The van der Waals surface area contributed by atoms with Gasteiger partial charge >= 0.3 is 0 Å². The van der Waals surface area contributed by atoms with E-state index in [0.29, 0.717) is 6.04 Å². The number of aromatic nitrogens is 3. The normalized spacial score (nSPS) is 23.7. The second-order valence-electron chi connectivity index (χ2n) is 5.22. The van der Waals surface area contributed by atoms with Crippen LogP contribution in [0, 0.1) is 0 Å². The van der Waals surface area contributed by atoms with Gasteiger partial charge in [-0.05, 0) is 38.7 Å². The molecule has 102 valence electrons. The number of aliphatic hydroxyl groups excluding tert-OH is 1. The Labute approximate surface area is 112 Å². The summed E-state index contributed by atoms with van der Waals surface area (Å²) < 4.78 is 1.90. The van der Waals surface area contributed by atoms with E-state index in [1.165, 1.54) is 0 Å². The molecule has 2 aromatic heterocycles. The van der Waals surface area contributed by atoms with Crippen LogP contribution < -0.4 is 5.32 Å². The van der Waals surface area contributed by atoms with Crippen LogP contribution in [0.15, 0.2) is 18.5 Å². The summed E-state index contributed by atoms with van der Waals surface area (Å²) in [4.78, 5) is 4.39. The Morgan fingerprint density at radius 2 is 2.37 bits per heavy atom. The van der Waals surface area contributed by atoms with E-state index in [4.69, 9.17) is 0 Å². The van der Waals surface area contributed by atoms with E-state index in [9.17, 15) is 5.11 Å². The van der Waals surface area contributed by atoms with E-state index >= 15 is 0 Å². The predicted molar refractivity (Wildman–Crippen MR) is 75.1 cm³/mol. The minimum absolute atomic E-state index is 0.165. The maximum atomic E-state index is 9.74. The summed E-state index contributed by atoms with van der Waals surface area (Å²) in [5.74, 6) is 0. The number of rotatable bonds is 3. The molecule has 0 spiro atoms. The fraction of sp³-hybridized carbons (Fsp3) is 0.571. The topological polar surface area (TPSA) is 63.0 Å². The minimum Gasteiger partial charge on any atom is -0.393 e. The zero-order valence-corrected chi connectivity index (χ0v) is 11.2. The van der Waals surface area contributed by atoms with Crippen LogP contribution in [-0.4, -0.2) is 32.0 Å². The van der Waals surface area contributed by atoms with Crippen LogP contribution in [0.4, 0.5) is 5.69 Å². The Hall–Kier alpha value is -1.62. The molecular formula is C14H20N4O. The lowest BCUT2D eigenvalue weighted by atomic mass is 9.93. The van der Waals surface area contributed by atoms with Gasteiger partial charge in [-0.1, -0.05) is 0 Å². The van der Waals surface area contributed by atoms with Crippen LogP contribution in [0.1, 0.15) is 32.6 Å². The van der Waals surface area contributed by atoms with Gasteiger partial charge in [0.25, 0.3) is 0 Å². The van der Waals surface area contributed by atoms with E-state index in [1.807, 2.05) is 23.1 Å². The first-order valence-electron chi connectivity index (χ1n) is 7.03.